The molecule has 0 saturated carbocycles. The van der Waals surface area contributed by atoms with Gasteiger partial charge in [0.05, 0.1) is 6.10 Å². The van der Waals surface area contributed by atoms with Crippen molar-refractivity contribution < 1.29 is 9.50 Å². The standard InChI is InChI=1S/C15H14BrFO/c16-13-6-7-15(17)12(9-13)10-14(18)8-11-4-2-1-3-5-11/h1-7,9,14,18H,8,10H2. The molecule has 94 valence electrons. The highest BCUT2D eigenvalue weighted by molar-refractivity contribution is 9.10. The molecule has 2 aromatic rings. The molecule has 0 aliphatic rings. The molecule has 0 spiro atoms. The summed E-state index contributed by atoms with van der Waals surface area (Å²) in [6, 6.07) is 14.5. The van der Waals surface area contributed by atoms with E-state index < -0.39 is 6.10 Å². The number of aliphatic hydroxyl groups excluding tert-OH is 1. The molecule has 0 bridgehead atoms. The maximum absolute atomic E-state index is 13.5. The van der Waals surface area contributed by atoms with Gasteiger partial charge in [-0.2, -0.15) is 0 Å². The fraction of sp³-hybridized carbons (Fsp3) is 0.200. The fourth-order valence-electron chi connectivity index (χ4n) is 1.91. The fourth-order valence-corrected chi connectivity index (χ4v) is 2.32. The first-order valence-electron chi connectivity index (χ1n) is 5.81. The van der Waals surface area contributed by atoms with Crippen molar-refractivity contribution in [1.29, 1.82) is 0 Å². The van der Waals surface area contributed by atoms with Crippen molar-refractivity contribution in [2.24, 2.45) is 0 Å². The lowest BCUT2D eigenvalue weighted by Crippen LogP contribution is -2.14. The molecule has 1 unspecified atom stereocenters. The summed E-state index contributed by atoms with van der Waals surface area (Å²) in [6.45, 7) is 0. The normalized spacial score (nSPS) is 12.4. The second-order valence-electron chi connectivity index (χ2n) is 4.28. The van der Waals surface area contributed by atoms with Gasteiger partial charge in [0, 0.05) is 10.9 Å². The maximum Gasteiger partial charge on any atom is 0.126 e. The maximum atomic E-state index is 13.5. The predicted octanol–water partition coefficient (Wildman–Crippen LogP) is 3.73. The highest BCUT2D eigenvalue weighted by Gasteiger charge is 2.10. The van der Waals surface area contributed by atoms with E-state index in [1.165, 1.54) is 6.07 Å². The Morgan fingerprint density at radius 1 is 1.06 bits per heavy atom. The third kappa shape index (κ3) is 3.65. The third-order valence-corrected chi connectivity index (χ3v) is 3.27. The van der Waals surface area contributed by atoms with Crippen LogP contribution in [0.5, 0.6) is 0 Å². The average molecular weight is 309 g/mol. The lowest BCUT2D eigenvalue weighted by molar-refractivity contribution is 0.174. The van der Waals surface area contributed by atoms with Gasteiger partial charge in [0.15, 0.2) is 0 Å². The predicted molar refractivity (Wildman–Crippen MR) is 74.0 cm³/mol. The van der Waals surface area contributed by atoms with Gasteiger partial charge in [-0.25, -0.2) is 4.39 Å². The minimum atomic E-state index is -0.573. The largest absolute Gasteiger partial charge is 0.392 e. The van der Waals surface area contributed by atoms with Gasteiger partial charge in [0.2, 0.25) is 0 Å². The van der Waals surface area contributed by atoms with Crippen LogP contribution in [0.1, 0.15) is 11.1 Å². The first-order valence-corrected chi connectivity index (χ1v) is 6.60. The Morgan fingerprint density at radius 3 is 2.50 bits per heavy atom. The van der Waals surface area contributed by atoms with Crippen molar-refractivity contribution in [3.8, 4) is 0 Å². The third-order valence-electron chi connectivity index (χ3n) is 2.78. The van der Waals surface area contributed by atoms with Crippen molar-refractivity contribution in [2.45, 2.75) is 18.9 Å². The van der Waals surface area contributed by atoms with Gasteiger partial charge < -0.3 is 5.11 Å². The van der Waals surface area contributed by atoms with E-state index in [4.69, 9.17) is 0 Å². The number of hydrogen-bond acceptors (Lipinski definition) is 1. The Labute approximate surface area is 114 Å². The van der Waals surface area contributed by atoms with Gasteiger partial charge in [0.1, 0.15) is 5.82 Å². The van der Waals surface area contributed by atoms with E-state index in [0.29, 0.717) is 18.4 Å². The number of rotatable bonds is 4. The van der Waals surface area contributed by atoms with E-state index in [1.54, 1.807) is 12.1 Å². The molecule has 0 heterocycles. The van der Waals surface area contributed by atoms with Gasteiger partial charge in [-0.05, 0) is 35.7 Å². The molecule has 2 aromatic carbocycles. The lowest BCUT2D eigenvalue weighted by atomic mass is 10.0. The molecule has 0 radical (unpaired) electrons. The second kappa shape index (κ2) is 6.12. The van der Waals surface area contributed by atoms with E-state index in [0.717, 1.165) is 10.0 Å². The van der Waals surface area contributed by atoms with Crippen molar-refractivity contribution in [3.05, 3.63) is 69.9 Å². The summed E-state index contributed by atoms with van der Waals surface area (Å²) in [5.74, 6) is -0.273. The molecule has 0 aliphatic heterocycles. The monoisotopic (exact) mass is 308 g/mol. The van der Waals surface area contributed by atoms with Crippen LogP contribution in [0.3, 0.4) is 0 Å². The summed E-state index contributed by atoms with van der Waals surface area (Å²) in [4.78, 5) is 0. The zero-order chi connectivity index (χ0) is 13.0. The molecule has 3 heteroatoms. The molecular formula is C15H14BrFO. The van der Waals surface area contributed by atoms with Crippen LogP contribution in [0.4, 0.5) is 4.39 Å². The van der Waals surface area contributed by atoms with Crippen LogP contribution in [-0.2, 0) is 12.8 Å². The van der Waals surface area contributed by atoms with Gasteiger partial charge in [-0.15, -0.1) is 0 Å². The van der Waals surface area contributed by atoms with E-state index in [1.807, 2.05) is 30.3 Å². The minimum Gasteiger partial charge on any atom is -0.392 e. The highest BCUT2D eigenvalue weighted by atomic mass is 79.9. The van der Waals surface area contributed by atoms with Crippen LogP contribution in [0, 0.1) is 5.82 Å². The summed E-state index contributed by atoms with van der Waals surface area (Å²) < 4.78 is 14.4. The quantitative estimate of drug-likeness (QED) is 0.912. The van der Waals surface area contributed by atoms with E-state index in [9.17, 15) is 9.50 Å². The van der Waals surface area contributed by atoms with Crippen molar-refractivity contribution in [1.82, 2.24) is 0 Å². The summed E-state index contributed by atoms with van der Waals surface area (Å²) in [5.41, 5.74) is 1.59. The second-order valence-corrected chi connectivity index (χ2v) is 5.20. The Bertz CT molecular complexity index is 513. The van der Waals surface area contributed by atoms with Crippen LogP contribution >= 0.6 is 15.9 Å². The molecule has 2 rings (SSSR count). The zero-order valence-electron chi connectivity index (χ0n) is 9.81. The van der Waals surface area contributed by atoms with Crippen molar-refractivity contribution >= 4 is 15.9 Å². The molecule has 0 fully saturated rings. The first kappa shape index (κ1) is 13.2. The van der Waals surface area contributed by atoms with Crippen molar-refractivity contribution in [2.75, 3.05) is 0 Å². The Kier molecular flexibility index (Phi) is 4.50. The summed E-state index contributed by atoms with van der Waals surface area (Å²) in [7, 11) is 0. The average Bonchev–Trinajstić information content (AvgIpc) is 2.35. The van der Waals surface area contributed by atoms with E-state index in [2.05, 4.69) is 15.9 Å². The Hall–Kier alpha value is -1.19. The molecule has 1 N–H and O–H groups in total. The van der Waals surface area contributed by atoms with Crippen LogP contribution in [0.2, 0.25) is 0 Å². The molecular weight excluding hydrogens is 295 g/mol. The summed E-state index contributed by atoms with van der Waals surface area (Å²) in [6.07, 6.45) is 0.281. The van der Waals surface area contributed by atoms with Gasteiger partial charge >= 0.3 is 0 Å². The van der Waals surface area contributed by atoms with Crippen LogP contribution in [0.15, 0.2) is 53.0 Å². The van der Waals surface area contributed by atoms with E-state index in [-0.39, 0.29) is 5.82 Å². The summed E-state index contributed by atoms with van der Waals surface area (Å²) in [5, 5.41) is 9.99. The molecule has 0 aliphatic carbocycles. The number of aliphatic hydroxyl groups is 1. The topological polar surface area (TPSA) is 20.2 Å². The number of hydrogen-bond donors (Lipinski definition) is 1. The van der Waals surface area contributed by atoms with E-state index >= 15 is 0 Å². The molecule has 18 heavy (non-hydrogen) atoms. The molecule has 0 amide bonds. The molecule has 0 saturated heterocycles. The number of halogens is 2. The van der Waals surface area contributed by atoms with Crippen molar-refractivity contribution in [3.63, 3.8) is 0 Å². The Morgan fingerprint density at radius 2 is 1.78 bits per heavy atom. The molecule has 0 aromatic heterocycles. The number of benzene rings is 2. The van der Waals surface area contributed by atoms with Crippen LogP contribution < -0.4 is 0 Å². The zero-order valence-corrected chi connectivity index (χ0v) is 11.4. The summed E-state index contributed by atoms with van der Waals surface area (Å²) >= 11 is 3.30. The smallest absolute Gasteiger partial charge is 0.126 e. The SMILES string of the molecule is OC(Cc1ccccc1)Cc1cc(Br)ccc1F. The van der Waals surface area contributed by atoms with Crippen LogP contribution in [-0.4, -0.2) is 11.2 Å². The first-order chi connectivity index (χ1) is 8.65. The molecule has 1 atom stereocenters. The minimum absolute atomic E-state index is 0.273. The van der Waals surface area contributed by atoms with Gasteiger partial charge in [-0.1, -0.05) is 46.3 Å². The molecule has 1 nitrogen and oxygen atoms in total. The lowest BCUT2D eigenvalue weighted by Gasteiger charge is -2.11. The highest BCUT2D eigenvalue weighted by Crippen LogP contribution is 2.18. The Balaban J connectivity index is 2.03. The van der Waals surface area contributed by atoms with Gasteiger partial charge in [-0.3, -0.25) is 0 Å². The van der Waals surface area contributed by atoms with Gasteiger partial charge in [0.25, 0.3) is 0 Å². The van der Waals surface area contributed by atoms with Crippen LogP contribution in [0.25, 0.3) is 0 Å².